The summed E-state index contributed by atoms with van der Waals surface area (Å²) >= 11 is 0. The Bertz CT molecular complexity index is 417. The molecule has 1 aromatic rings. The van der Waals surface area contributed by atoms with Gasteiger partial charge in [0.2, 0.25) is 5.91 Å². The monoisotopic (exact) mass is 260 g/mol. The molecule has 3 heteroatoms. The largest absolute Gasteiger partial charge is 0.340 e. The summed E-state index contributed by atoms with van der Waals surface area (Å²) in [7, 11) is 2.10. The number of hydrogen-bond acceptors (Lipinski definition) is 2. The van der Waals surface area contributed by atoms with Gasteiger partial charge in [-0.2, -0.15) is 0 Å². The molecular weight excluding hydrogens is 236 g/mol. The Hall–Kier alpha value is -1.35. The van der Waals surface area contributed by atoms with E-state index in [1.165, 1.54) is 5.56 Å². The summed E-state index contributed by atoms with van der Waals surface area (Å²) in [6.45, 7) is 8.06. The molecule has 0 N–H and O–H groups in total. The van der Waals surface area contributed by atoms with E-state index in [2.05, 4.69) is 50.1 Å². The molecule has 1 aromatic carbocycles. The van der Waals surface area contributed by atoms with Crippen LogP contribution in [0.15, 0.2) is 24.3 Å². The number of carbonyl (C=O) groups is 1. The maximum absolute atomic E-state index is 12.2. The van der Waals surface area contributed by atoms with E-state index in [1.54, 1.807) is 0 Å². The molecule has 1 aliphatic rings. The van der Waals surface area contributed by atoms with Gasteiger partial charge in [0.05, 0.1) is 6.42 Å². The second-order valence-corrected chi connectivity index (χ2v) is 5.76. The van der Waals surface area contributed by atoms with Crippen LogP contribution in [-0.4, -0.2) is 48.9 Å². The van der Waals surface area contributed by atoms with Crippen molar-refractivity contribution in [1.82, 2.24) is 9.80 Å². The van der Waals surface area contributed by atoms with Crippen molar-refractivity contribution in [2.24, 2.45) is 0 Å². The van der Waals surface area contributed by atoms with Gasteiger partial charge in [-0.05, 0) is 24.1 Å². The molecular formula is C16H24N2O. The van der Waals surface area contributed by atoms with Gasteiger partial charge in [0.1, 0.15) is 0 Å². The average molecular weight is 260 g/mol. The Morgan fingerprint density at radius 1 is 1.11 bits per heavy atom. The topological polar surface area (TPSA) is 23.6 Å². The van der Waals surface area contributed by atoms with Gasteiger partial charge in [0.15, 0.2) is 0 Å². The minimum atomic E-state index is 0.255. The van der Waals surface area contributed by atoms with E-state index in [-0.39, 0.29) is 5.91 Å². The fourth-order valence-corrected chi connectivity index (χ4v) is 2.36. The molecule has 104 valence electrons. The normalized spacial score (nSPS) is 16.9. The first-order valence-corrected chi connectivity index (χ1v) is 7.11. The molecule has 1 aliphatic heterocycles. The van der Waals surface area contributed by atoms with Crippen LogP contribution < -0.4 is 0 Å². The van der Waals surface area contributed by atoms with Crippen LogP contribution >= 0.6 is 0 Å². The predicted molar refractivity (Wildman–Crippen MR) is 78.3 cm³/mol. The van der Waals surface area contributed by atoms with E-state index >= 15 is 0 Å². The molecule has 0 atom stereocenters. The van der Waals surface area contributed by atoms with Crippen molar-refractivity contribution in [3.05, 3.63) is 35.4 Å². The molecule has 1 fully saturated rings. The van der Waals surface area contributed by atoms with Crippen LogP contribution in [0.4, 0.5) is 0 Å². The van der Waals surface area contributed by atoms with Crippen LogP contribution in [0.25, 0.3) is 0 Å². The number of carbonyl (C=O) groups excluding carboxylic acids is 1. The molecule has 1 amide bonds. The number of amides is 1. The smallest absolute Gasteiger partial charge is 0.227 e. The first kappa shape index (κ1) is 14.1. The van der Waals surface area contributed by atoms with Crippen LogP contribution in [0.1, 0.15) is 30.9 Å². The van der Waals surface area contributed by atoms with Gasteiger partial charge < -0.3 is 9.80 Å². The second kappa shape index (κ2) is 6.20. The maximum Gasteiger partial charge on any atom is 0.227 e. The molecule has 0 radical (unpaired) electrons. The van der Waals surface area contributed by atoms with Crippen LogP contribution in [0, 0.1) is 0 Å². The van der Waals surface area contributed by atoms with Crippen molar-refractivity contribution in [3.63, 3.8) is 0 Å². The van der Waals surface area contributed by atoms with Crippen LogP contribution in [0.2, 0.25) is 0 Å². The summed E-state index contributed by atoms with van der Waals surface area (Å²) in [4.78, 5) is 16.4. The third kappa shape index (κ3) is 3.80. The lowest BCUT2D eigenvalue weighted by Crippen LogP contribution is -2.47. The Balaban J connectivity index is 1.91. The number of benzene rings is 1. The standard InChI is InChI=1S/C16H24N2O/c1-13(2)15-6-4-14(5-7-15)12-16(19)18-10-8-17(3)9-11-18/h4-7,13H,8-12H2,1-3H3. The number of piperazine rings is 1. The van der Waals surface area contributed by atoms with Crippen molar-refractivity contribution in [2.75, 3.05) is 33.2 Å². The summed E-state index contributed by atoms with van der Waals surface area (Å²) in [5.74, 6) is 0.799. The SMILES string of the molecule is CC(C)c1ccc(CC(=O)N2CCN(C)CC2)cc1. The van der Waals surface area contributed by atoms with Crippen LogP contribution in [0.5, 0.6) is 0 Å². The van der Waals surface area contributed by atoms with E-state index in [0.717, 1.165) is 31.7 Å². The fourth-order valence-electron chi connectivity index (χ4n) is 2.36. The zero-order valence-corrected chi connectivity index (χ0v) is 12.2. The minimum Gasteiger partial charge on any atom is -0.340 e. The molecule has 3 nitrogen and oxygen atoms in total. The van der Waals surface area contributed by atoms with Crippen molar-refractivity contribution >= 4 is 5.91 Å². The highest BCUT2D eigenvalue weighted by atomic mass is 16.2. The molecule has 2 rings (SSSR count). The highest BCUT2D eigenvalue weighted by Gasteiger charge is 2.18. The van der Waals surface area contributed by atoms with E-state index < -0.39 is 0 Å². The summed E-state index contributed by atoms with van der Waals surface area (Å²) in [6.07, 6.45) is 0.530. The molecule has 1 saturated heterocycles. The molecule has 0 spiro atoms. The van der Waals surface area contributed by atoms with E-state index in [9.17, 15) is 4.79 Å². The Morgan fingerprint density at radius 3 is 2.21 bits per heavy atom. The Kier molecular flexibility index (Phi) is 4.59. The molecule has 0 bridgehead atoms. The first-order valence-electron chi connectivity index (χ1n) is 7.11. The molecule has 0 aromatic heterocycles. The van der Waals surface area contributed by atoms with E-state index in [4.69, 9.17) is 0 Å². The van der Waals surface area contributed by atoms with Crippen molar-refractivity contribution in [3.8, 4) is 0 Å². The van der Waals surface area contributed by atoms with Gasteiger partial charge in [-0.1, -0.05) is 38.1 Å². The molecule has 0 aliphatic carbocycles. The van der Waals surface area contributed by atoms with Crippen molar-refractivity contribution in [2.45, 2.75) is 26.2 Å². The van der Waals surface area contributed by atoms with Gasteiger partial charge in [0.25, 0.3) is 0 Å². The second-order valence-electron chi connectivity index (χ2n) is 5.76. The van der Waals surface area contributed by atoms with Gasteiger partial charge >= 0.3 is 0 Å². The highest BCUT2D eigenvalue weighted by Crippen LogP contribution is 2.15. The van der Waals surface area contributed by atoms with E-state index in [1.807, 2.05) is 4.90 Å². The van der Waals surface area contributed by atoms with Gasteiger partial charge in [-0.15, -0.1) is 0 Å². The predicted octanol–water partition coefficient (Wildman–Crippen LogP) is 2.13. The molecule has 0 saturated carbocycles. The Labute approximate surface area is 116 Å². The number of nitrogens with zero attached hydrogens (tertiary/aromatic N) is 2. The lowest BCUT2D eigenvalue weighted by Gasteiger charge is -2.32. The third-order valence-electron chi connectivity index (χ3n) is 3.86. The summed E-state index contributed by atoms with van der Waals surface area (Å²) in [5.41, 5.74) is 2.45. The van der Waals surface area contributed by atoms with Crippen LogP contribution in [-0.2, 0) is 11.2 Å². The summed E-state index contributed by atoms with van der Waals surface area (Å²) in [6, 6.07) is 8.45. The zero-order chi connectivity index (χ0) is 13.8. The summed E-state index contributed by atoms with van der Waals surface area (Å²) < 4.78 is 0. The maximum atomic E-state index is 12.2. The number of hydrogen-bond donors (Lipinski definition) is 0. The lowest BCUT2D eigenvalue weighted by atomic mass is 10.0. The number of rotatable bonds is 3. The van der Waals surface area contributed by atoms with Gasteiger partial charge in [-0.3, -0.25) is 4.79 Å². The average Bonchev–Trinajstić information content (AvgIpc) is 2.40. The molecule has 19 heavy (non-hydrogen) atoms. The van der Waals surface area contributed by atoms with Gasteiger partial charge in [-0.25, -0.2) is 0 Å². The fraction of sp³-hybridized carbons (Fsp3) is 0.562. The highest BCUT2D eigenvalue weighted by molar-refractivity contribution is 5.78. The minimum absolute atomic E-state index is 0.255. The van der Waals surface area contributed by atoms with Crippen molar-refractivity contribution < 1.29 is 4.79 Å². The lowest BCUT2D eigenvalue weighted by molar-refractivity contribution is -0.132. The quantitative estimate of drug-likeness (QED) is 0.831. The third-order valence-corrected chi connectivity index (χ3v) is 3.86. The van der Waals surface area contributed by atoms with Gasteiger partial charge in [0, 0.05) is 26.2 Å². The Morgan fingerprint density at radius 2 is 1.68 bits per heavy atom. The van der Waals surface area contributed by atoms with Crippen molar-refractivity contribution in [1.29, 1.82) is 0 Å². The van der Waals surface area contributed by atoms with E-state index in [0.29, 0.717) is 12.3 Å². The molecule has 0 unspecified atom stereocenters. The summed E-state index contributed by atoms with van der Waals surface area (Å²) in [5, 5.41) is 0. The first-order chi connectivity index (χ1) is 9.06. The zero-order valence-electron chi connectivity index (χ0n) is 12.2. The number of likely N-dealkylation sites (N-methyl/N-ethyl adjacent to an activating group) is 1. The molecule has 1 heterocycles. The van der Waals surface area contributed by atoms with Crippen LogP contribution in [0.3, 0.4) is 0 Å².